The van der Waals surface area contributed by atoms with Crippen LogP contribution in [-0.4, -0.2) is 5.78 Å². The highest BCUT2D eigenvalue weighted by Gasteiger charge is 2.08. The average Bonchev–Trinajstić information content (AvgIpc) is 2.52. The van der Waals surface area contributed by atoms with Crippen molar-refractivity contribution in [2.45, 2.75) is 39.7 Å². The Kier molecular flexibility index (Phi) is 5.15. The molecule has 0 bridgehead atoms. The average molecular weight is 282 g/mol. The van der Waals surface area contributed by atoms with Crippen LogP contribution in [0.5, 0.6) is 5.75 Å². The summed E-state index contributed by atoms with van der Waals surface area (Å²) in [4.78, 5) is 11.6. The zero-order valence-electron chi connectivity index (χ0n) is 12.9. The lowest BCUT2D eigenvalue weighted by atomic mass is 9.97. The Labute approximate surface area is 126 Å². The van der Waals surface area contributed by atoms with Gasteiger partial charge in [0.15, 0.2) is 5.78 Å². The van der Waals surface area contributed by atoms with Gasteiger partial charge in [-0.25, -0.2) is 0 Å². The molecule has 0 fully saturated rings. The minimum atomic E-state index is 0.0268. The van der Waals surface area contributed by atoms with E-state index in [1.54, 1.807) is 13.0 Å². The number of ketones is 1. The number of benzene rings is 2. The van der Waals surface area contributed by atoms with Crippen LogP contribution in [-0.2, 0) is 6.61 Å². The molecule has 0 saturated heterocycles. The van der Waals surface area contributed by atoms with Crippen molar-refractivity contribution in [2.75, 3.05) is 0 Å². The molecule has 2 heteroatoms. The lowest BCUT2D eigenvalue weighted by molar-refractivity contribution is 0.101. The van der Waals surface area contributed by atoms with Crippen molar-refractivity contribution in [1.29, 1.82) is 0 Å². The molecule has 2 aromatic rings. The Morgan fingerprint density at radius 1 is 1.14 bits per heavy atom. The van der Waals surface area contributed by atoms with E-state index in [0.29, 0.717) is 23.8 Å². The van der Waals surface area contributed by atoms with Gasteiger partial charge in [-0.3, -0.25) is 4.79 Å². The van der Waals surface area contributed by atoms with Gasteiger partial charge in [-0.15, -0.1) is 0 Å². The Bertz CT molecular complexity index is 616. The maximum Gasteiger partial charge on any atom is 0.163 e. The van der Waals surface area contributed by atoms with Gasteiger partial charge in [-0.1, -0.05) is 50.2 Å². The van der Waals surface area contributed by atoms with E-state index in [2.05, 4.69) is 38.1 Å². The second-order valence-electron chi connectivity index (χ2n) is 5.40. The van der Waals surface area contributed by atoms with Gasteiger partial charge in [0, 0.05) is 0 Å². The number of carbonyl (C=O) groups is 1. The molecular weight excluding hydrogens is 260 g/mol. The summed E-state index contributed by atoms with van der Waals surface area (Å²) in [6, 6.07) is 15.8. The highest BCUT2D eigenvalue weighted by atomic mass is 16.5. The summed E-state index contributed by atoms with van der Waals surface area (Å²) in [5.41, 5.74) is 3.10. The fraction of sp³-hybridized carbons (Fsp3) is 0.316. The van der Waals surface area contributed by atoms with Crippen molar-refractivity contribution >= 4 is 5.78 Å². The molecule has 2 nitrogen and oxygen atoms in total. The van der Waals surface area contributed by atoms with E-state index in [9.17, 15) is 4.79 Å². The first kappa shape index (κ1) is 15.3. The van der Waals surface area contributed by atoms with Crippen LogP contribution in [0.4, 0.5) is 0 Å². The van der Waals surface area contributed by atoms with Gasteiger partial charge in [0.1, 0.15) is 12.4 Å². The second-order valence-corrected chi connectivity index (χ2v) is 5.40. The van der Waals surface area contributed by atoms with Crippen LogP contribution in [0.2, 0.25) is 0 Å². The largest absolute Gasteiger partial charge is 0.488 e. The maximum atomic E-state index is 11.6. The summed E-state index contributed by atoms with van der Waals surface area (Å²) in [5.74, 6) is 1.23. The van der Waals surface area contributed by atoms with Crippen molar-refractivity contribution in [1.82, 2.24) is 0 Å². The fourth-order valence-corrected chi connectivity index (χ4v) is 2.27. The highest BCUT2D eigenvalue weighted by molar-refractivity contribution is 5.96. The molecule has 110 valence electrons. The number of hydrogen-bond donors (Lipinski definition) is 0. The van der Waals surface area contributed by atoms with Crippen molar-refractivity contribution in [2.24, 2.45) is 0 Å². The Hall–Kier alpha value is -2.09. The third kappa shape index (κ3) is 3.94. The molecule has 0 heterocycles. The summed E-state index contributed by atoms with van der Waals surface area (Å²) < 4.78 is 5.83. The normalized spacial score (nSPS) is 12.0. The third-order valence-electron chi connectivity index (χ3n) is 3.79. The molecule has 0 aliphatic carbocycles. The number of ether oxygens (including phenoxy) is 1. The Morgan fingerprint density at radius 2 is 1.90 bits per heavy atom. The third-order valence-corrected chi connectivity index (χ3v) is 3.79. The molecule has 0 N–H and O–H groups in total. The molecule has 0 amide bonds. The molecule has 0 aromatic heterocycles. The smallest absolute Gasteiger partial charge is 0.163 e. The quantitative estimate of drug-likeness (QED) is 0.698. The predicted octanol–water partition coefficient (Wildman–Crippen LogP) is 4.98. The monoisotopic (exact) mass is 282 g/mol. The maximum absolute atomic E-state index is 11.6. The lowest BCUT2D eigenvalue weighted by Gasteiger charge is -2.13. The van der Waals surface area contributed by atoms with Crippen LogP contribution < -0.4 is 4.74 Å². The first-order valence-corrected chi connectivity index (χ1v) is 7.43. The number of Topliss-reactive ketones (excluding diaryl/α,β-unsaturated/α-hetero) is 1. The van der Waals surface area contributed by atoms with Crippen molar-refractivity contribution in [3.63, 3.8) is 0 Å². The molecule has 0 aliphatic rings. The number of carbonyl (C=O) groups excluding carboxylic acids is 1. The Balaban J connectivity index is 2.12. The molecule has 1 atom stereocenters. The van der Waals surface area contributed by atoms with E-state index in [1.807, 2.05) is 18.2 Å². The molecule has 1 unspecified atom stereocenters. The van der Waals surface area contributed by atoms with Gasteiger partial charge in [0.2, 0.25) is 0 Å². The topological polar surface area (TPSA) is 26.3 Å². The lowest BCUT2D eigenvalue weighted by Crippen LogP contribution is -2.02. The minimum absolute atomic E-state index is 0.0268. The first-order chi connectivity index (χ1) is 10.1. The van der Waals surface area contributed by atoms with Crippen LogP contribution in [0.25, 0.3) is 0 Å². The minimum Gasteiger partial charge on any atom is -0.488 e. The van der Waals surface area contributed by atoms with E-state index >= 15 is 0 Å². The van der Waals surface area contributed by atoms with Crippen molar-refractivity contribution < 1.29 is 9.53 Å². The van der Waals surface area contributed by atoms with Gasteiger partial charge in [0.05, 0.1) is 5.56 Å². The van der Waals surface area contributed by atoms with Crippen LogP contribution >= 0.6 is 0 Å². The summed E-state index contributed by atoms with van der Waals surface area (Å²) in [6.07, 6.45) is 1.12. The van der Waals surface area contributed by atoms with E-state index in [4.69, 9.17) is 4.74 Å². The molecule has 21 heavy (non-hydrogen) atoms. The highest BCUT2D eigenvalue weighted by Crippen LogP contribution is 2.22. The zero-order valence-corrected chi connectivity index (χ0v) is 12.9. The summed E-state index contributed by atoms with van der Waals surface area (Å²) in [6.45, 7) is 6.46. The summed E-state index contributed by atoms with van der Waals surface area (Å²) in [7, 11) is 0. The van der Waals surface area contributed by atoms with Crippen LogP contribution in [0.15, 0.2) is 48.5 Å². The Morgan fingerprint density at radius 3 is 2.62 bits per heavy atom. The van der Waals surface area contributed by atoms with Gasteiger partial charge in [-0.05, 0) is 42.5 Å². The van der Waals surface area contributed by atoms with Crippen molar-refractivity contribution in [3.05, 3.63) is 65.2 Å². The van der Waals surface area contributed by atoms with E-state index < -0.39 is 0 Å². The number of para-hydroxylation sites is 1. The number of hydrogen-bond acceptors (Lipinski definition) is 2. The van der Waals surface area contributed by atoms with Gasteiger partial charge >= 0.3 is 0 Å². The molecule has 2 rings (SSSR count). The summed E-state index contributed by atoms with van der Waals surface area (Å²) >= 11 is 0. The van der Waals surface area contributed by atoms with Gasteiger partial charge < -0.3 is 4.74 Å². The standard InChI is InChI=1S/C19H22O2/c1-4-14(2)17-9-7-8-16(12-17)13-21-19-11-6-5-10-18(19)15(3)20/h5-12,14H,4,13H2,1-3H3. The predicted molar refractivity (Wildman–Crippen MR) is 85.9 cm³/mol. The van der Waals surface area contributed by atoms with Gasteiger partial charge in [-0.2, -0.15) is 0 Å². The van der Waals surface area contributed by atoms with E-state index in [-0.39, 0.29) is 5.78 Å². The summed E-state index contributed by atoms with van der Waals surface area (Å²) in [5, 5.41) is 0. The van der Waals surface area contributed by atoms with E-state index in [1.165, 1.54) is 5.56 Å². The number of rotatable bonds is 6. The molecule has 0 radical (unpaired) electrons. The van der Waals surface area contributed by atoms with Crippen LogP contribution in [0.3, 0.4) is 0 Å². The SMILES string of the molecule is CCC(C)c1cccc(COc2ccccc2C(C)=O)c1. The molecule has 0 saturated carbocycles. The molecule has 0 spiro atoms. The van der Waals surface area contributed by atoms with E-state index in [0.717, 1.165) is 12.0 Å². The molecular formula is C19H22O2. The fourth-order valence-electron chi connectivity index (χ4n) is 2.27. The first-order valence-electron chi connectivity index (χ1n) is 7.43. The second kappa shape index (κ2) is 7.07. The van der Waals surface area contributed by atoms with Crippen molar-refractivity contribution in [3.8, 4) is 5.75 Å². The molecule has 0 aliphatic heterocycles. The van der Waals surface area contributed by atoms with Crippen LogP contribution in [0, 0.1) is 0 Å². The molecule has 2 aromatic carbocycles. The zero-order chi connectivity index (χ0) is 15.2. The van der Waals surface area contributed by atoms with Gasteiger partial charge in [0.25, 0.3) is 0 Å². The van der Waals surface area contributed by atoms with Crippen LogP contribution in [0.1, 0.15) is 54.6 Å².